The molecule has 0 bridgehead atoms. The van der Waals surface area contributed by atoms with E-state index in [1.165, 1.54) is 0 Å². The SMILES string of the molecule is CNC1CCCN(Cc2cccc(F)c2F)C1.Cl. The summed E-state index contributed by atoms with van der Waals surface area (Å²) in [5.41, 5.74) is 0.446. The van der Waals surface area contributed by atoms with Gasteiger partial charge >= 0.3 is 0 Å². The quantitative estimate of drug-likeness (QED) is 0.913. The molecule has 102 valence electrons. The van der Waals surface area contributed by atoms with Gasteiger partial charge in [-0.1, -0.05) is 12.1 Å². The largest absolute Gasteiger partial charge is 0.316 e. The number of rotatable bonds is 3. The fraction of sp³-hybridized carbons (Fsp3) is 0.538. The number of hydrogen-bond donors (Lipinski definition) is 1. The van der Waals surface area contributed by atoms with E-state index in [0.717, 1.165) is 32.0 Å². The predicted octanol–water partition coefficient (Wildman–Crippen LogP) is 2.57. The average Bonchev–Trinajstić information content (AvgIpc) is 2.35. The van der Waals surface area contributed by atoms with Gasteiger partial charge in [-0.2, -0.15) is 0 Å². The lowest BCUT2D eigenvalue weighted by molar-refractivity contribution is 0.185. The first-order chi connectivity index (χ1) is 8.20. The van der Waals surface area contributed by atoms with E-state index in [1.54, 1.807) is 12.1 Å². The van der Waals surface area contributed by atoms with E-state index in [9.17, 15) is 8.78 Å². The van der Waals surface area contributed by atoms with Crippen LogP contribution < -0.4 is 5.32 Å². The molecule has 2 rings (SSSR count). The highest BCUT2D eigenvalue weighted by atomic mass is 35.5. The molecule has 0 spiro atoms. The van der Waals surface area contributed by atoms with Crippen LogP contribution in [0.5, 0.6) is 0 Å². The normalized spacial score (nSPS) is 20.5. The van der Waals surface area contributed by atoms with E-state index < -0.39 is 11.6 Å². The van der Waals surface area contributed by atoms with Crippen molar-refractivity contribution in [3.05, 3.63) is 35.4 Å². The van der Waals surface area contributed by atoms with Crippen LogP contribution in [0.4, 0.5) is 8.78 Å². The Morgan fingerprint density at radius 2 is 2.17 bits per heavy atom. The molecule has 1 heterocycles. The maximum atomic E-state index is 13.5. The summed E-state index contributed by atoms with van der Waals surface area (Å²) in [6.45, 7) is 2.34. The number of benzene rings is 1. The molecule has 0 aliphatic carbocycles. The van der Waals surface area contributed by atoms with Gasteiger partial charge in [0, 0.05) is 24.7 Å². The third kappa shape index (κ3) is 3.64. The van der Waals surface area contributed by atoms with Gasteiger partial charge in [0.05, 0.1) is 0 Å². The lowest BCUT2D eigenvalue weighted by Crippen LogP contribution is -2.44. The highest BCUT2D eigenvalue weighted by Gasteiger charge is 2.19. The van der Waals surface area contributed by atoms with Crippen molar-refractivity contribution in [3.8, 4) is 0 Å². The fourth-order valence-electron chi connectivity index (χ4n) is 2.35. The summed E-state index contributed by atoms with van der Waals surface area (Å²) in [7, 11) is 1.94. The Morgan fingerprint density at radius 3 is 2.89 bits per heavy atom. The van der Waals surface area contributed by atoms with Crippen molar-refractivity contribution in [1.29, 1.82) is 0 Å². The van der Waals surface area contributed by atoms with Crippen LogP contribution in [-0.2, 0) is 6.54 Å². The van der Waals surface area contributed by atoms with E-state index in [0.29, 0.717) is 18.2 Å². The zero-order valence-corrected chi connectivity index (χ0v) is 11.3. The number of nitrogens with zero attached hydrogens (tertiary/aromatic N) is 1. The summed E-state index contributed by atoms with van der Waals surface area (Å²) in [4.78, 5) is 2.17. The van der Waals surface area contributed by atoms with Gasteiger partial charge in [-0.3, -0.25) is 4.90 Å². The van der Waals surface area contributed by atoms with Crippen molar-refractivity contribution in [2.75, 3.05) is 20.1 Å². The first kappa shape index (κ1) is 15.3. The van der Waals surface area contributed by atoms with E-state index in [2.05, 4.69) is 10.2 Å². The van der Waals surface area contributed by atoms with E-state index in [4.69, 9.17) is 0 Å². The van der Waals surface area contributed by atoms with Crippen molar-refractivity contribution in [3.63, 3.8) is 0 Å². The maximum Gasteiger partial charge on any atom is 0.163 e. The van der Waals surface area contributed by atoms with Crippen LogP contribution in [0.15, 0.2) is 18.2 Å². The van der Waals surface area contributed by atoms with Crippen LogP contribution in [-0.4, -0.2) is 31.1 Å². The molecule has 1 aromatic rings. The number of likely N-dealkylation sites (N-methyl/N-ethyl adjacent to an activating group) is 1. The molecule has 0 radical (unpaired) electrons. The minimum absolute atomic E-state index is 0. The van der Waals surface area contributed by atoms with Crippen LogP contribution in [0.25, 0.3) is 0 Å². The highest BCUT2D eigenvalue weighted by molar-refractivity contribution is 5.85. The summed E-state index contributed by atoms with van der Waals surface area (Å²) >= 11 is 0. The molecule has 1 fully saturated rings. The van der Waals surface area contributed by atoms with E-state index in [1.807, 2.05) is 7.05 Å². The van der Waals surface area contributed by atoms with E-state index in [-0.39, 0.29) is 12.4 Å². The first-order valence-corrected chi connectivity index (χ1v) is 6.03. The Balaban J connectivity index is 0.00000162. The predicted molar refractivity (Wildman–Crippen MR) is 71.0 cm³/mol. The number of likely N-dealkylation sites (tertiary alicyclic amines) is 1. The van der Waals surface area contributed by atoms with Crippen LogP contribution >= 0.6 is 12.4 Å². The molecule has 0 aromatic heterocycles. The Morgan fingerprint density at radius 1 is 1.39 bits per heavy atom. The summed E-state index contributed by atoms with van der Waals surface area (Å²) in [5, 5.41) is 3.24. The molecule has 0 amide bonds. The second-order valence-corrected chi connectivity index (χ2v) is 4.58. The molecule has 5 heteroatoms. The molecule has 1 N–H and O–H groups in total. The van der Waals surface area contributed by atoms with Crippen molar-refractivity contribution in [2.24, 2.45) is 0 Å². The van der Waals surface area contributed by atoms with Crippen LogP contribution in [0, 0.1) is 11.6 Å². The maximum absolute atomic E-state index is 13.5. The molecule has 1 aliphatic rings. The molecule has 18 heavy (non-hydrogen) atoms. The van der Waals surface area contributed by atoms with Gasteiger partial charge in [0.15, 0.2) is 11.6 Å². The van der Waals surface area contributed by atoms with Gasteiger partial charge in [0.25, 0.3) is 0 Å². The smallest absolute Gasteiger partial charge is 0.163 e. The molecule has 1 aliphatic heterocycles. The second-order valence-electron chi connectivity index (χ2n) is 4.58. The highest BCUT2D eigenvalue weighted by Crippen LogP contribution is 2.17. The van der Waals surface area contributed by atoms with Crippen molar-refractivity contribution in [1.82, 2.24) is 10.2 Å². The fourth-order valence-corrected chi connectivity index (χ4v) is 2.35. The molecule has 1 aromatic carbocycles. The van der Waals surface area contributed by atoms with Crippen LogP contribution in [0.1, 0.15) is 18.4 Å². The Bertz CT molecular complexity index is 387. The van der Waals surface area contributed by atoms with Crippen molar-refractivity contribution in [2.45, 2.75) is 25.4 Å². The van der Waals surface area contributed by atoms with Gasteiger partial charge in [-0.05, 0) is 32.5 Å². The Labute approximate surface area is 113 Å². The van der Waals surface area contributed by atoms with Gasteiger partial charge in [-0.25, -0.2) is 8.78 Å². The average molecular weight is 277 g/mol. The van der Waals surface area contributed by atoms with Gasteiger partial charge in [-0.15, -0.1) is 12.4 Å². The third-order valence-corrected chi connectivity index (χ3v) is 3.34. The van der Waals surface area contributed by atoms with Crippen molar-refractivity contribution >= 4 is 12.4 Å². The first-order valence-electron chi connectivity index (χ1n) is 6.03. The van der Waals surface area contributed by atoms with Gasteiger partial charge < -0.3 is 5.32 Å². The van der Waals surface area contributed by atoms with Gasteiger partial charge in [0.1, 0.15) is 0 Å². The molecular formula is C13H19ClF2N2. The lowest BCUT2D eigenvalue weighted by atomic mass is 10.0. The molecule has 1 unspecified atom stereocenters. The summed E-state index contributed by atoms with van der Waals surface area (Å²) in [5.74, 6) is -1.47. The third-order valence-electron chi connectivity index (χ3n) is 3.34. The topological polar surface area (TPSA) is 15.3 Å². The monoisotopic (exact) mass is 276 g/mol. The minimum Gasteiger partial charge on any atom is -0.316 e. The second kappa shape index (κ2) is 7.02. The molecular weight excluding hydrogens is 258 g/mol. The standard InChI is InChI=1S/C13H18F2N2.ClH/c1-16-11-5-3-7-17(9-11)8-10-4-2-6-12(14)13(10)15;/h2,4,6,11,16H,3,5,7-9H2,1H3;1H. The molecule has 2 nitrogen and oxygen atoms in total. The molecule has 1 saturated heterocycles. The Hall–Kier alpha value is -0.710. The summed E-state index contributed by atoms with van der Waals surface area (Å²) in [6.07, 6.45) is 2.25. The lowest BCUT2D eigenvalue weighted by Gasteiger charge is -2.32. The zero-order chi connectivity index (χ0) is 12.3. The number of hydrogen-bond acceptors (Lipinski definition) is 2. The summed E-state index contributed by atoms with van der Waals surface area (Å²) < 4.78 is 26.6. The zero-order valence-electron chi connectivity index (χ0n) is 10.5. The number of halogens is 3. The van der Waals surface area contributed by atoms with Crippen LogP contribution in [0.2, 0.25) is 0 Å². The van der Waals surface area contributed by atoms with E-state index >= 15 is 0 Å². The van der Waals surface area contributed by atoms with Gasteiger partial charge in [0.2, 0.25) is 0 Å². The number of nitrogens with one attached hydrogen (secondary N) is 1. The Kier molecular flexibility index (Phi) is 5.99. The molecule has 1 atom stereocenters. The van der Waals surface area contributed by atoms with Crippen molar-refractivity contribution < 1.29 is 8.78 Å². The number of piperidine rings is 1. The minimum atomic E-state index is -0.760. The summed E-state index contributed by atoms with van der Waals surface area (Å²) in [6, 6.07) is 4.83. The van der Waals surface area contributed by atoms with Crippen LogP contribution in [0.3, 0.4) is 0 Å². The molecule has 0 saturated carbocycles.